The van der Waals surface area contributed by atoms with E-state index in [0.717, 1.165) is 5.92 Å². The van der Waals surface area contributed by atoms with Gasteiger partial charge in [-0.2, -0.15) is 0 Å². The molecule has 1 nitrogen and oxygen atoms in total. The molecule has 0 fully saturated rings. The van der Waals surface area contributed by atoms with Crippen molar-refractivity contribution < 1.29 is 0 Å². The van der Waals surface area contributed by atoms with Crippen LogP contribution in [0.5, 0.6) is 0 Å². The van der Waals surface area contributed by atoms with Crippen LogP contribution in [0.4, 0.5) is 0 Å². The number of nitrogens with one attached hydrogen (secondary N) is 1. The summed E-state index contributed by atoms with van der Waals surface area (Å²) in [6.45, 7) is 15.2. The van der Waals surface area contributed by atoms with Gasteiger partial charge in [-0.25, -0.2) is 0 Å². The summed E-state index contributed by atoms with van der Waals surface area (Å²) in [6, 6.07) is 0. The molecule has 0 atom stereocenters. The lowest BCUT2D eigenvalue weighted by Gasteiger charge is -2.05. The SMILES string of the molecule is C.C.C.C.CC(C)(C)C.CC(C)C.CNC. The van der Waals surface area contributed by atoms with Crippen molar-refractivity contribution >= 4 is 0 Å². The number of hydrogen-bond donors (Lipinski definition) is 1. The molecule has 0 aromatic heterocycles. The van der Waals surface area contributed by atoms with Gasteiger partial charge in [0.2, 0.25) is 0 Å². The van der Waals surface area contributed by atoms with Crippen molar-refractivity contribution in [1.29, 1.82) is 0 Å². The van der Waals surface area contributed by atoms with Gasteiger partial charge in [-0.1, -0.05) is 78.2 Å². The highest BCUT2D eigenvalue weighted by Gasteiger charge is 1.95. The van der Waals surface area contributed by atoms with Crippen molar-refractivity contribution in [2.75, 3.05) is 14.1 Å². The van der Waals surface area contributed by atoms with Crippen LogP contribution in [0.2, 0.25) is 0 Å². The van der Waals surface area contributed by atoms with Crippen LogP contribution in [0.15, 0.2) is 0 Å². The zero-order valence-corrected chi connectivity index (χ0v) is 10.6. The van der Waals surface area contributed by atoms with Crippen molar-refractivity contribution in [2.45, 2.75) is 78.2 Å². The van der Waals surface area contributed by atoms with Crippen molar-refractivity contribution in [3.63, 3.8) is 0 Å². The van der Waals surface area contributed by atoms with Crippen LogP contribution in [0.3, 0.4) is 0 Å². The molecule has 0 aromatic rings. The third kappa shape index (κ3) is 1470000. The minimum absolute atomic E-state index is 0. The van der Waals surface area contributed by atoms with Crippen molar-refractivity contribution in [3.05, 3.63) is 0 Å². The van der Waals surface area contributed by atoms with E-state index in [1.165, 1.54) is 0 Å². The molecule has 16 heavy (non-hydrogen) atoms. The van der Waals surface area contributed by atoms with E-state index in [-0.39, 0.29) is 29.7 Å². The van der Waals surface area contributed by atoms with Crippen LogP contribution < -0.4 is 5.32 Å². The summed E-state index contributed by atoms with van der Waals surface area (Å²) in [4.78, 5) is 0. The van der Waals surface area contributed by atoms with Gasteiger partial charge in [0.05, 0.1) is 0 Å². The van der Waals surface area contributed by atoms with Crippen LogP contribution >= 0.6 is 0 Å². The highest BCUT2D eigenvalue weighted by atomic mass is 14.7. The van der Waals surface area contributed by atoms with Crippen LogP contribution in [-0.2, 0) is 0 Å². The maximum Gasteiger partial charge on any atom is -0.0167 e. The van der Waals surface area contributed by atoms with Crippen molar-refractivity contribution in [2.24, 2.45) is 11.3 Å². The molecule has 0 aliphatic carbocycles. The Morgan fingerprint density at radius 1 is 0.688 bits per heavy atom. The zero-order chi connectivity index (χ0) is 10.8. The van der Waals surface area contributed by atoms with Gasteiger partial charge in [-0.05, 0) is 25.4 Å². The molecule has 1 N–H and O–H groups in total. The van der Waals surface area contributed by atoms with Gasteiger partial charge in [0.15, 0.2) is 0 Å². The Labute approximate surface area is 109 Å². The Morgan fingerprint density at radius 2 is 0.688 bits per heavy atom. The van der Waals surface area contributed by atoms with E-state index in [9.17, 15) is 0 Å². The fourth-order valence-electron chi connectivity index (χ4n) is 0. The Kier molecular flexibility index (Phi) is 81.7. The normalized spacial score (nSPS) is 7.12. The van der Waals surface area contributed by atoms with E-state index < -0.39 is 0 Å². The minimum atomic E-state index is 0. The fourth-order valence-corrected chi connectivity index (χ4v) is 0. The molecule has 0 radical (unpaired) electrons. The Hall–Kier alpha value is -0.0400. The molecule has 0 bridgehead atoms. The number of rotatable bonds is 0. The van der Waals surface area contributed by atoms with E-state index in [1.54, 1.807) is 0 Å². The first-order valence-corrected chi connectivity index (χ1v) is 4.73. The summed E-state index contributed by atoms with van der Waals surface area (Å²) in [6.07, 6.45) is 0. The standard InChI is InChI=1S/C5H12.C4H10.C2H7N.4CH4/c1-5(2,3)4;1-4(2)3;1-3-2;;;;/h1-4H3;4H,1-3H3;3H,1-2H3;4*1H4. The van der Waals surface area contributed by atoms with E-state index in [2.05, 4.69) is 53.8 Å². The zero-order valence-electron chi connectivity index (χ0n) is 10.6. The van der Waals surface area contributed by atoms with Crippen molar-refractivity contribution in [3.8, 4) is 0 Å². The third-order valence-corrected chi connectivity index (χ3v) is 0. The molecule has 0 saturated heterocycles. The Balaban J connectivity index is -0.0000000138. The highest BCUT2D eigenvalue weighted by molar-refractivity contribution is 4.47. The van der Waals surface area contributed by atoms with Crippen LogP contribution in [0, 0.1) is 11.3 Å². The highest BCUT2D eigenvalue weighted by Crippen LogP contribution is 2.07. The molecular weight excluding hydrogens is 194 g/mol. The largest absolute Gasteiger partial charge is 0.323 e. The second-order valence-corrected chi connectivity index (χ2v) is 5.23. The monoisotopic (exact) mass is 239 g/mol. The summed E-state index contributed by atoms with van der Waals surface area (Å²) in [7, 11) is 3.75. The van der Waals surface area contributed by atoms with E-state index in [0.29, 0.717) is 5.41 Å². The minimum Gasteiger partial charge on any atom is -0.323 e. The predicted octanol–water partition coefficient (Wildman–Crippen LogP) is 6.09. The average Bonchev–Trinajstić information content (AvgIpc) is 1.56. The maximum atomic E-state index is 2.75. The first-order chi connectivity index (χ1) is 5.15. The lowest BCUT2D eigenvalue weighted by Crippen LogP contribution is -1.93. The van der Waals surface area contributed by atoms with Gasteiger partial charge < -0.3 is 5.32 Å². The summed E-state index contributed by atoms with van der Waals surface area (Å²) in [5, 5.41) is 2.75. The van der Waals surface area contributed by atoms with Gasteiger partial charge in [0, 0.05) is 0 Å². The molecule has 0 heterocycles. The topological polar surface area (TPSA) is 12.0 Å². The summed E-state index contributed by atoms with van der Waals surface area (Å²) >= 11 is 0. The molecule has 110 valence electrons. The van der Waals surface area contributed by atoms with E-state index >= 15 is 0 Å². The summed E-state index contributed by atoms with van der Waals surface area (Å²) < 4.78 is 0. The summed E-state index contributed by atoms with van der Waals surface area (Å²) in [5.41, 5.74) is 0.500. The first-order valence-electron chi connectivity index (χ1n) is 4.73. The maximum absolute atomic E-state index is 2.75. The quantitative estimate of drug-likeness (QED) is 0.539. The van der Waals surface area contributed by atoms with Gasteiger partial charge >= 0.3 is 0 Å². The average molecular weight is 240 g/mol. The molecule has 0 spiro atoms. The second-order valence-electron chi connectivity index (χ2n) is 5.23. The van der Waals surface area contributed by atoms with Crippen LogP contribution in [0.25, 0.3) is 0 Å². The summed E-state index contributed by atoms with van der Waals surface area (Å²) in [5.74, 6) is 0.833. The van der Waals surface area contributed by atoms with Crippen molar-refractivity contribution in [1.82, 2.24) is 5.32 Å². The van der Waals surface area contributed by atoms with Crippen LogP contribution in [-0.4, -0.2) is 14.1 Å². The molecule has 0 aliphatic rings. The first kappa shape index (κ1) is 44.5. The molecular formula is C15H45N. The lowest BCUT2D eigenvalue weighted by molar-refractivity contribution is 0.469. The molecule has 0 amide bonds. The smallest absolute Gasteiger partial charge is 0.0167 e. The van der Waals surface area contributed by atoms with Gasteiger partial charge in [0.1, 0.15) is 0 Å². The molecule has 0 aliphatic heterocycles. The molecule has 0 saturated carbocycles. The van der Waals surface area contributed by atoms with Gasteiger partial charge in [0.25, 0.3) is 0 Å². The second kappa shape index (κ2) is 29.4. The van der Waals surface area contributed by atoms with E-state index in [4.69, 9.17) is 0 Å². The molecule has 1 heteroatoms. The Bertz CT molecular complexity index is 51.6. The third-order valence-electron chi connectivity index (χ3n) is 0. The number of hydrogen-bond acceptors (Lipinski definition) is 1. The van der Waals surface area contributed by atoms with Crippen LogP contribution in [0.1, 0.15) is 78.2 Å². The molecule has 0 unspecified atom stereocenters. The fraction of sp³-hybridized carbons (Fsp3) is 1.00. The van der Waals surface area contributed by atoms with Gasteiger partial charge in [-0.3, -0.25) is 0 Å². The van der Waals surface area contributed by atoms with E-state index in [1.807, 2.05) is 14.1 Å². The molecule has 0 aromatic carbocycles. The predicted molar refractivity (Wildman–Crippen MR) is 87.5 cm³/mol. The molecule has 0 rings (SSSR count). The Morgan fingerprint density at radius 3 is 0.688 bits per heavy atom. The van der Waals surface area contributed by atoms with Gasteiger partial charge in [-0.15, -0.1) is 0 Å². The lowest BCUT2D eigenvalue weighted by atomic mass is 10.0.